The van der Waals surface area contributed by atoms with Crippen LogP contribution in [0.25, 0.3) is 0 Å². The van der Waals surface area contributed by atoms with Crippen LogP contribution in [-0.4, -0.2) is 49.3 Å². The van der Waals surface area contributed by atoms with Crippen molar-refractivity contribution in [3.8, 4) is 0 Å². The fraction of sp³-hybridized carbons (Fsp3) is 1.00. The van der Waals surface area contributed by atoms with Crippen LogP contribution in [0.2, 0.25) is 0 Å². The van der Waals surface area contributed by atoms with Crippen molar-refractivity contribution in [3.05, 3.63) is 0 Å². The lowest BCUT2D eigenvalue weighted by Gasteiger charge is -2.44. The lowest BCUT2D eigenvalue weighted by atomic mass is 9.84. The van der Waals surface area contributed by atoms with Gasteiger partial charge in [0.25, 0.3) is 0 Å². The number of piperidine rings is 2. The molecule has 2 aliphatic heterocycles. The maximum absolute atomic E-state index is 6.13. The number of rotatable bonds is 1. The van der Waals surface area contributed by atoms with E-state index in [0.29, 0.717) is 0 Å². The SMILES string of the molecule is NC1CNC(C2NC[C@@H](N)C[C@H]2N)C(N)C1. The summed E-state index contributed by atoms with van der Waals surface area (Å²) in [6.07, 6.45) is 1.71. The Morgan fingerprint density at radius 1 is 0.688 bits per heavy atom. The Labute approximate surface area is 96.5 Å². The summed E-state index contributed by atoms with van der Waals surface area (Å²) >= 11 is 0. The molecule has 94 valence electrons. The van der Waals surface area contributed by atoms with E-state index in [1.165, 1.54) is 0 Å². The van der Waals surface area contributed by atoms with Crippen LogP contribution in [0.15, 0.2) is 0 Å². The molecule has 0 aromatic heterocycles. The van der Waals surface area contributed by atoms with Crippen LogP contribution in [0.3, 0.4) is 0 Å². The molecule has 0 bridgehead atoms. The zero-order valence-corrected chi connectivity index (χ0v) is 9.60. The van der Waals surface area contributed by atoms with E-state index in [2.05, 4.69) is 10.6 Å². The summed E-state index contributed by atoms with van der Waals surface area (Å²) in [5.74, 6) is 0. The molecule has 16 heavy (non-hydrogen) atoms. The van der Waals surface area contributed by atoms with Crippen LogP contribution in [-0.2, 0) is 0 Å². The van der Waals surface area contributed by atoms with Gasteiger partial charge in [0.05, 0.1) is 0 Å². The van der Waals surface area contributed by atoms with Gasteiger partial charge in [-0.1, -0.05) is 0 Å². The van der Waals surface area contributed by atoms with Gasteiger partial charge in [0, 0.05) is 49.3 Å². The van der Waals surface area contributed by atoms with Gasteiger partial charge >= 0.3 is 0 Å². The molecule has 0 spiro atoms. The van der Waals surface area contributed by atoms with E-state index in [9.17, 15) is 0 Å². The summed E-state index contributed by atoms with van der Waals surface area (Å²) in [6, 6.07) is 0.884. The van der Waals surface area contributed by atoms with Gasteiger partial charge in [-0.25, -0.2) is 0 Å². The highest BCUT2D eigenvalue weighted by atomic mass is 15.1. The van der Waals surface area contributed by atoms with Gasteiger partial charge in [0.1, 0.15) is 0 Å². The quantitative estimate of drug-likeness (QED) is 0.284. The van der Waals surface area contributed by atoms with Crippen molar-refractivity contribution < 1.29 is 0 Å². The molecule has 0 saturated carbocycles. The van der Waals surface area contributed by atoms with Crippen LogP contribution in [0.1, 0.15) is 12.8 Å². The Kier molecular flexibility index (Phi) is 3.78. The number of hydrogen-bond donors (Lipinski definition) is 6. The Balaban J connectivity index is 1.96. The minimum atomic E-state index is 0.0709. The first-order chi connectivity index (χ1) is 7.58. The predicted octanol–water partition coefficient (Wildman–Crippen LogP) is -2.98. The van der Waals surface area contributed by atoms with Crippen LogP contribution in [0.4, 0.5) is 0 Å². The van der Waals surface area contributed by atoms with Gasteiger partial charge in [0.2, 0.25) is 0 Å². The molecule has 0 aliphatic carbocycles. The number of nitrogens with two attached hydrogens (primary N) is 4. The number of hydrogen-bond acceptors (Lipinski definition) is 6. The third-order valence-corrected chi connectivity index (χ3v) is 3.69. The maximum Gasteiger partial charge on any atom is 0.0389 e. The van der Waals surface area contributed by atoms with E-state index in [4.69, 9.17) is 22.9 Å². The van der Waals surface area contributed by atoms with Crippen molar-refractivity contribution in [2.75, 3.05) is 13.1 Å². The molecule has 4 unspecified atom stereocenters. The minimum absolute atomic E-state index is 0.0709. The average molecular weight is 228 g/mol. The van der Waals surface area contributed by atoms with E-state index in [1.807, 2.05) is 0 Å². The standard InChI is InChI=1S/C10H24N6/c11-5-1-7(13)9(15-3-5)10-8(14)2-6(12)4-16-10/h5-10,15-16H,1-4,11-14H2/t5-,6?,7+,8?,9?,10?/m0/s1. The fourth-order valence-corrected chi connectivity index (χ4v) is 2.82. The molecule has 0 amide bonds. The highest BCUT2D eigenvalue weighted by Gasteiger charge is 2.37. The highest BCUT2D eigenvalue weighted by Crippen LogP contribution is 2.16. The van der Waals surface area contributed by atoms with Gasteiger partial charge in [-0.3, -0.25) is 0 Å². The first kappa shape index (κ1) is 12.2. The zero-order valence-electron chi connectivity index (χ0n) is 9.60. The monoisotopic (exact) mass is 228 g/mol. The first-order valence-electron chi connectivity index (χ1n) is 6.07. The van der Waals surface area contributed by atoms with Gasteiger partial charge in [-0.2, -0.15) is 0 Å². The van der Waals surface area contributed by atoms with Gasteiger partial charge < -0.3 is 33.6 Å². The first-order valence-corrected chi connectivity index (χ1v) is 6.07. The molecule has 6 heteroatoms. The topological polar surface area (TPSA) is 128 Å². The van der Waals surface area contributed by atoms with Crippen molar-refractivity contribution in [1.82, 2.24) is 10.6 Å². The molecule has 6 nitrogen and oxygen atoms in total. The van der Waals surface area contributed by atoms with Crippen molar-refractivity contribution in [1.29, 1.82) is 0 Å². The molecule has 0 radical (unpaired) electrons. The van der Waals surface area contributed by atoms with Gasteiger partial charge in [-0.05, 0) is 12.8 Å². The molecule has 2 rings (SSSR count). The smallest absolute Gasteiger partial charge is 0.0389 e. The minimum Gasteiger partial charge on any atom is -0.326 e. The van der Waals surface area contributed by atoms with E-state index < -0.39 is 0 Å². The molecular weight excluding hydrogens is 204 g/mol. The predicted molar refractivity (Wildman–Crippen MR) is 64.7 cm³/mol. The molecule has 10 N–H and O–H groups in total. The van der Waals surface area contributed by atoms with Crippen molar-refractivity contribution in [2.45, 2.75) is 49.1 Å². The Morgan fingerprint density at radius 2 is 1.06 bits per heavy atom. The molecule has 2 heterocycles. The third kappa shape index (κ3) is 2.53. The van der Waals surface area contributed by atoms with Crippen molar-refractivity contribution >= 4 is 0 Å². The van der Waals surface area contributed by atoms with Crippen LogP contribution in [0, 0.1) is 0 Å². The van der Waals surface area contributed by atoms with Crippen molar-refractivity contribution in [3.63, 3.8) is 0 Å². The average Bonchev–Trinajstić information content (AvgIpc) is 2.19. The second kappa shape index (κ2) is 4.95. The molecule has 2 aliphatic rings. The van der Waals surface area contributed by atoms with Crippen LogP contribution < -0.4 is 33.6 Å². The summed E-state index contributed by atoms with van der Waals surface area (Å²) in [7, 11) is 0. The van der Waals surface area contributed by atoms with E-state index in [-0.39, 0.29) is 36.3 Å². The van der Waals surface area contributed by atoms with Gasteiger partial charge in [-0.15, -0.1) is 0 Å². The Morgan fingerprint density at radius 3 is 1.38 bits per heavy atom. The molecule has 2 saturated heterocycles. The fourth-order valence-electron chi connectivity index (χ4n) is 2.82. The second-order valence-corrected chi connectivity index (χ2v) is 5.19. The molecule has 6 atom stereocenters. The second-order valence-electron chi connectivity index (χ2n) is 5.19. The van der Waals surface area contributed by atoms with E-state index >= 15 is 0 Å². The maximum atomic E-state index is 6.13. The van der Waals surface area contributed by atoms with Crippen LogP contribution >= 0.6 is 0 Å². The molecule has 0 aromatic carbocycles. The summed E-state index contributed by atoms with van der Waals surface area (Å²) in [4.78, 5) is 0. The lowest BCUT2D eigenvalue weighted by molar-refractivity contribution is 0.205. The van der Waals surface area contributed by atoms with Crippen molar-refractivity contribution in [2.24, 2.45) is 22.9 Å². The summed E-state index contributed by atoms with van der Waals surface area (Å²) < 4.78 is 0. The largest absolute Gasteiger partial charge is 0.326 e. The number of nitrogens with one attached hydrogen (secondary N) is 2. The molecular formula is C10H24N6. The molecule has 2 fully saturated rings. The lowest BCUT2D eigenvalue weighted by Crippen LogP contribution is -2.70. The molecule has 0 aromatic rings. The Bertz CT molecular complexity index is 211. The van der Waals surface area contributed by atoms with E-state index in [1.54, 1.807) is 0 Å². The summed E-state index contributed by atoms with van der Waals surface area (Å²) in [5, 5.41) is 6.80. The Hall–Kier alpha value is -0.240. The normalized spacial score (nSPS) is 50.2. The summed E-state index contributed by atoms with van der Waals surface area (Å²) in [5.41, 5.74) is 24.0. The highest BCUT2D eigenvalue weighted by molar-refractivity contribution is 5.03. The van der Waals surface area contributed by atoms with Crippen LogP contribution in [0.5, 0.6) is 0 Å². The zero-order chi connectivity index (χ0) is 11.7. The van der Waals surface area contributed by atoms with Gasteiger partial charge in [0.15, 0.2) is 0 Å². The van der Waals surface area contributed by atoms with E-state index in [0.717, 1.165) is 25.9 Å². The summed E-state index contributed by atoms with van der Waals surface area (Å²) in [6.45, 7) is 1.63. The third-order valence-electron chi connectivity index (χ3n) is 3.69.